The summed E-state index contributed by atoms with van der Waals surface area (Å²) in [4.78, 5) is 23.3. The minimum Gasteiger partial charge on any atom is -0.493 e. The fourth-order valence-corrected chi connectivity index (χ4v) is 5.01. The third-order valence-electron chi connectivity index (χ3n) is 5.08. The molecule has 0 saturated heterocycles. The number of benzene rings is 3. The summed E-state index contributed by atoms with van der Waals surface area (Å²) in [5.74, 6) is -2.95. The highest BCUT2D eigenvalue weighted by Crippen LogP contribution is 2.42. The molecule has 2 N–H and O–H groups in total. The Balaban J connectivity index is 2.08. The number of methoxy groups -OCH3 is 2. The maximum absolute atomic E-state index is 14.3. The van der Waals surface area contributed by atoms with E-state index in [1.807, 2.05) is 0 Å². The molecular weight excluding hydrogens is 590 g/mol. The molecule has 0 atom stereocenters. The van der Waals surface area contributed by atoms with E-state index in [4.69, 9.17) is 9.47 Å². The Morgan fingerprint density at radius 1 is 1.00 bits per heavy atom. The summed E-state index contributed by atoms with van der Waals surface area (Å²) in [7, 11) is -1.95. The number of hydrogen-bond donors (Lipinski definition) is 2. The van der Waals surface area contributed by atoms with Gasteiger partial charge in [-0.3, -0.25) is 14.3 Å². The van der Waals surface area contributed by atoms with Crippen molar-refractivity contribution in [2.45, 2.75) is 18.2 Å². The van der Waals surface area contributed by atoms with E-state index in [2.05, 4.69) is 30.7 Å². The lowest BCUT2D eigenvalue weighted by molar-refractivity contribution is -0.139. The van der Waals surface area contributed by atoms with Crippen molar-refractivity contribution in [1.29, 1.82) is 0 Å². The zero-order valence-corrected chi connectivity index (χ0v) is 22.8. The predicted molar refractivity (Wildman–Crippen MR) is 138 cm³/mol. The van der Waals surface area contributed by atoms with E-state index in [1.165, 1.54) is 38.5 Å². The first-order chi connectivity index (χ1) is 18.0. The molecule has 0 saturated carbocycles. The number of nitrogens with one attached hydrogen (secondary N) is 2. The Hall–Kier alpha value is -3.71. The normalized spacial score (nSPS) is 11.0. The van der Waals surface area contributed by atoms with Crippen molar-refractivity contribution in [1.82, 2.24) is 5.32 Å². The number of ether oxygens (including phenoxy) is 3. The van der Waals surface area contributed by atoms with E-state index in [0.717, 1.165) is 12.1 Å². The molecule has 0 aliphatic heterocycles. The first-order valence-corrected chi connectivity index (χ1v) is 13.3. The van der Waals surface area contributed by atoms with Gasteiger partial charge in [0.05, 0.1) is 30.8 Å². The van der Waals surface area contributed by atoms with Gasteiger partial charge in [-0.1, -0.05) is 0 Å². The fourth-order valence-electron chi connectivity index (χ4n) is 3.32. The number of amides is 1. The van der Waals surface area contributed by atoms with Crippen molar-refractivity contribution in [2.24, 2.45) is 0 Å². The molecule has 0 heterocycles. The van der Waals surface area contributed by atoms with Crippen LogP contribution in [0.1, 0.15) is 22.8 Å². The van der Waals surface area contributed by atoms with Crippen LogP contribution >= 0.6 is 15.9 Å². The fraction of sp³-hybridized carbons (Fsp3) is 0.200. The van der Waals surface area contributed by atoms with E-state index in [-0.39, 0.29) is 34.9 Å². The van der Waals surface area contributed by atoms with E-state index < -0.39 is 38.4 Å². The second-order valence-corrected chi connectivity index (χ2v) is 10.2. The first kappa shape index (κ1) is 28.9. The van der Waals surface area contributed by atoms with E-state index in [9.17, 15) is 26.8 Å². The average molecular weight is 613 g/mol. The van der Waals surface area contributed by atoms with Crippen LogP contribution < -0.4 is 19.5 Å². The van der Waals surface area contributed by atoms with Gasteiger partial charge in [0.2, 0.25) is 0 Å². The molecule has 0 unspecified atom stereocenters. The van der Waals surface area contributed by atoms with Crippen LogP contribution in [0.4, 0.5) is 14.5 Å². The monoisotopic (exact) mass is 612 g/mol. The van der Waals surface area contributed by atoms with Crippen molar-refractivity contribution in [2.75, 3.05) is 25.5 Å². The van der Waals surface area contributed by atoms with Crippen LogP contribution in [-0.4, -0.2) is 41.1 Å². The lowest BCUT2D eigenvalue weighted by Crippen LogP contribution is -2.23. The zero-order chi connectivity index (χ0) is 28.0. The van der Waals surface area contributed by atoms with E-state index >= 15 is 0 Å². The summed E-state index contributed by atoms with van der Waals surface area (Å²) in [6.07, 6.45) is -0.0404. The molecule has 1 amide bonds. The maximum Gasteiger partial charge on any atom is 0.309 e. The summed E-state index contributed by atoms with van der Waals surface area (Å²) in [6, 6.07) is 9.12. The molecule has 3 aromatic carbocycles. The lowest BCUT2D eigenvalue weighted by atomic mass is 10.1. The second kappa shape index (κ2) is 12.2. The topological polar surface area (TPSA) is 120 Å². The molecule has 0 aliphatic carbocycles. The Morgan fingerprint density at radius 2 is 1.74 bits per heavy atom. The van der Waals surface area contributed by atoms with Gasteiger partial charge in [0, 0.05) is 18.2 Å². The molecular formula is C25H23BrF2N2O7S. The van der Waals surface area contributed by atoms with Crippen LogP contribution in [0.25, 0.3) is 0 Å². The lowest BCUT2D eigenvalue weighted by Gasteiger charge is -2.18. The minimum atomic E-state index is -4.58. The van der Waals surface area contributed by atoms with Crippen molar-refractivity contribution in [3.8, 4) is 17.2 Å². The van der Waals surface area contributed by atoms with Crippen LogP contribution in [0.2, 0.25) is 0 Å². The maximum atomic E-state index is 14.3. The third kappa shape index (κ3) is 6.78. The summed E-state index contributed by atoms with van der Waals surface area (Å²) in [5, 5.41) is 2.60. The summed E-state index contributed by atoms with van der Waals surface area (Å²) in [5.41, 5.74) is 0.438. The van der Waals surface area contributed by atoms with Gasteiger partial charge in [0.25, 0.3) is 15.9 Å². The van der Waals surface area contributed by atoms with Gasteiger partial charge in [0.1, 0.15) is 16.5 Å². The van der Waals surface area contributed by atoms with Crippen molar-refractivity contribution < 1.29 is 41.0 Å². The zero-order valence-electron chi connectivity index (χ0n) is 20.4. The predicted octanol–water partition coefficient (Wildman–Crippen LogP) is 4.79. The number of esters is 1. The number of carbonyl (C=O) groups excluding carboxylic acids is 2. The highest BCUT2D eigenvalue weighted by molar-refractivity contribution is 9.10. The van der Waals surface area contributed by atoms with Crippen LogP contribution in [0.3, 0.4) is 0 Å². The van der Waals surface area contributed by atoms with Crippen molar-refractivity contribution in [3.63, 3.8) is 0 Å². The number of hydrogen-bond acceptors (Lipinski definition) is 7. The summed E-state index contributed by atoms with van der Waals surface area (Å²) in [6.45, 7) is 2.03. The minimum absolute atomic E-state index is 0.0404. The highest BCUT2D eigenvalue weighted by Gasteiger charge is 2.24. The quantitative estimate of drug-likeness (QED) is 0.316. The van der Waals surface area contributed by atoms with Gasteiger partial charge in [-0.05, 0) is 70.9 Å². The molecule has 202 valence electrons. The van der Waals surface area contributed by atoms with E-state index in [1.54, 1.807) is 13.0 Å². The molecule has 0 spiro atoms. The van der Waals surface area contributed by atoms with Gasteiger partial charge < -0.3 is 19.5 Å². The average Bonchev–Trinajstić information content (AvgIpc) is 2.85. The van der Waals surface area contributed by atoms with Crippen molar-refractivity contribution in [3.05, 3.63) is 75.8 Å². The molecule has 38 heavy (non-hydrogen) atoms. The van der Waals surface area contributed by atoms with Gasteiger partial charge in [-0.2, -0.15) is 0 Å². The van der Waals surface area contributed by atoms with Crippen LogP contribution in [0, 0.1) is 11.6 Å². The third-order valence-corrected chi connectivity index (χ3v) is 7.07. The highest BCUT2D eigenvalue weighted by atomic mass is 79.9. The Morgan fingerprint density at radius 3 is 2.37 bits per heavy atom. The molecule has 0 fully saturated rings. The SMILES string of the molecule is CCNC(=O)c1ccc(Oc2c(Br)cc(CC(=O)OC)cc2OC)c(NS(=O)(=O)c2ccc(F)cc2F)c1. The standard InChI is InChI=1S/C25H23BrF2N2O7S/c1-4-29-25(32)15-5-7-20(19(12-15)30-38(33,34)22-8-6-16(27)13-18(22)28)37-24-17(26)9-14(10-21(24)35-2)11-23(31)36-3/h5-10,12-13,30H,4,11H2,1-3H3,(H,29,32). The van der Waals surface area contributed by atoms with Gasteiger partial charge >= 0.3 is 5.97 Å². The smallest absolute Gasteiger partial charge is 0.309 e. The molecule has 13 heteroatoms. The van der Waals surface area contributed by atoms with Crippen LogP contribution in [-0.2, 0) is 26.0 Å². The molecule has 0 aromatic heterocycles. The van der Waals surface area contributed by atoms with Crippen molar-refractivity contribution >= 4 is 43.5 Å². The van der Waals surface area contributed by atoms with Gasteiger partial charge in [0.15, 0.2) is 17.2 Å². The molecule has 0 bridgehead atoms. The first-order valence-electron chi connectivity index (χ1n) is 11.0. The van der Waals surface area contributed by atoms with E-state index in [0.29, 0.717) is 22.6 Å². The number of carbonyl (C=O) groups is 2. The number of rotatable bonds is 10. The second-order valence-electron chi connectivity index (χ2n) is 7.71. The Kier molecular flexibility index (Phi) is 9.28. The molecule has 9 nitrogen and oxygen atoms in total. The Bertz CT molecular complexity index is 1480. The number of anilines is 1. The summed E-state index contributed by atoms with van der Waals surface area (Å²) >= 11 is 3.36. The molecule has 3 aromatic rings. The molecule has 3 rings (SSSR count). The molecule has 0 aliphatic rings. The number of sulfonamides is 1. The van der Waals surface area contributed by atoms with Crippen LogP contribution in [0.15, 0.2) is 57.9 Å². The van der Waals surface area contributed by atoms with Gasteiger partial charge in [-0.25, -0.2) is 17.2 Å². The Labute approximate surface area is 226 Å². The summed E-state index contributed by atoms with van der Waals surface area (Å²) < 4.78 is 72.3. The van der Waals surface area contributed by atoms with Crippen LogP contribution in [0.5, 0.6) is 17.2 Å². The largest absolute Gasteiger partial charge is 0.493 e. The number of halogens is 3. The molecule has 0 radical (unpaired) electrons. The van der Waals surface area contributed by atoms with Gasteiger partial charge in [-0.15, -0.1) is 0 Å².